The number of anilines is 1. The van der Waals surface area contributed by atoms with Crippen LogP contribution in [0.25, 0.3) is 16.6 Å². The highest BCUT2D eigenvalue weighted by atomic mass is 35.5. The van der Waals surface area contributed by atoms with Crippen LogP contribution in [-0.2, 0) is 4.79 Å². The van der Waals surface area contributed by atoms with Crippen LogP contribution >= 0.6 is 0 Å². The minimum absolute atomic E-state index is 0. The van der Waals surface area contributed by atoms with Gasteiger partial charge >= 0.3 is 0 Å². The third kappa shape index (κ3) is 4.44. The van der Waals surface area contributed by atoms with E-state index in [1.54, 1.807) is 35.1 Å². The zero-order valence-electron chi connectivity index (χ0n) is 16.5. The molecule has 4 N–H and O–H groups in total. The summed E-state index contributed by atoms with van der Waals surface area (Å²) in [6, 6.07) is 9.61. The summed E-state index contributed by atoms with van der Waals surface area (Å²) < 4.78 is 15.3. The fraction of sp³-hybridized carbons (Fsp3) is 0.286. The summed E-state index contributed by atoms with van der Waals surface area (Å²) in [6.45, 7) is 1.96. The summed E-state index contributed by atoms with van der Waals surface area (Å²) in [6.07, 6.45) is 3.61. The first-order chi connectivity index (χ1) is 13.9. The van der Waals surface area contributed by atoms with Gasteiger partial charge in [0.05, 0.1) is 37.3 Å². The largest absolute Gasteiger partial charge is 1.00 e. The Bertz CT molecular complexity index is 1080. The molecular formula is C21H23ClFN5O2. The number of piperidine rings is 1. The van der Waals surface area contributed by atoms with Gasteiger partial charge in [0.15, 0.2) is 0 Å². The second-order valence-electron chi connectivity index (χ2n) is 7.62. The zero-order chi connectivity index (χ0) is 20.5. The van der Waals surface area contributed by atoms with Crippen LogP contribution < -0.4 is 28.4 Å². The van der Waals surface area contributed by atoms with Crippen molar-refractivity contribution in [2.24, 2.45) is 11.7 Å². The Morgan fingerprint density at radius 3 is 2.67 bits per heavy atom. The second kappa shape index (κ2) is 8.81. The molecule has 3 aromatic rings. The number of primary amides is 1. The number of carbonyl (C=O) groups is 2. The second-order valence-corrected chi connectivity index (χ2v) is 7.62. The molecule has 0 bridgehead atoms. The summed E-state index contributed by atoms with van der Waals surface area (Å²) in [5.41, 5.74) is 7.16. The van der Waals surface area contributed by atoms with E-state index in [9.17, 15) is 14.0 Å². The molecule has 158 valence electrons. The van der Waals surface area contributed by atoms with Gasteiger partial charge in [-0.25, -0.2) is 9.07 Å². The Kier molecular flexibility index (Phi) is 6.38. The summed E-state index contributed by atoms with van der Waals surface area (Å²) in [7, 11) is 2.11. The molecule has 9 heteroatoms. The predicted molar refractivity (Wildman–Crippen MR) is 108 cm³/mol. The molecule has 4 rings (SSSR count). The molecule has 2 amide bonds. The molecule has 1 aliphatic rings. The first-order valence-electron chi connectivity index (χ1n) is 9.62. The van der Waals surface area contributed by atoms with Crippen molar-refractivity contribution in [1.29, 1.82) is 0 Å². The Balaban J connectivity index is 0.00000256. The number of hydrogen-bond donors (Lipinski definition) is 3. The van der Waals surface area contributed by atoms with E-state index in [1.807, 2.05) is 0 Å². The molecular weight excluding hydrogens is 409 g/mol. The van der Waals surface area contributed by atoms with Gasteiger partial charge in [-0.05, 0) is 49.2 Å². The van der Waals surface area contributed by atoms with E-state index in [0.29, 0.717) is 16.6 Å². The molecule has 2 atom stereocenters. The van der Waals surface area contributed by atoms with E-state index in [1.165, 1.54) is 11.0 Å². The van der Waals surface area contributed by atoms with Gasteiger partial charge in [0.1, 0.15) is 11.3 Å². The molecule has 2 heterocycles. The highest BCUT2D eigenvalue weighted by Crippen LogP contribution is 2.22. The van der Waals surface area contributed by atoms with E-state index in [-0.39, 0.29) is 29.8 Å². The number of amides is 2. The molecule has 30 heavy (non-hydrogen) atoms. The van der Waals surface area contributed by atoms with Crippen LogP contribution in [0.15, 0.2) is 42.6 Å². The number of carbonyl (C=O) groups excluding carboxylic acids is 2. The molecule has 1 aromatic heterocycles. The molecule has 0 aliphatic carbocycles. The number of benzene rings is 2. The van der Waals surface area contributed by atoms with E-state index in [4.69, 9.17) is 5.73 Å². The summed E-state index contributed by atoms with van der Waals surface area (Å²) in [4.78, 5) is 25.5. The average Bonchev–Trinajstić information content (AvgIpc) is 3.11. The standard InChI is InChI=1S/C21H22FN5O2.ClH/c1-26-8-2-3-13(11-26)21(29)24-16-4-6-17(7-5-16)27-12-14-9-15(22)10-18(20(23)28)19(14)25-27;/h4-7,9-10,12-13H,2-3,8,11H2,1H3,(H2,23,28)(H,24,29);1H/t13-;/m1./s1. The molecule has 1 aliphatic heterocycles. The van der Waals surface area contributed by atoms with Crippen LogP contribution in [-0.4, -0.2) is 41.7 Å². The maximum Gasteiger partial charge on any atom is 0.251 e. The number of halogens is 2. The topological polar surface area (TPSA) is 94.5 Å². The Labute approximate surface area is 179 Å². The molecule has 0 spiro atoms. The molecule has 2 aromatic carbocycles. The monoisotopic (exact) mass is 431 g/mol. The molecule has 0 radical (unpaired) electrons. The third-order valence-electron chi connectivity index (χ3n) is 5.36. The SMILES string of the molecule is C[NH+]1CCC[C@@H](C(=O)Nc2ccc(-n3cc4cc(F)cc(C(N)=O)c4n3)cc2)C1.[Cl-]. The summed E-state index contributed by atoms with van der Waals surface area (Å²) in [5, 5.41) is 7.84. The van der Waals surface area contributed by atoms with Crippen molar-refractivity contribution >= 4 is 28.4 Å². The highest BCUT2D eigenvalue weighted by molar-refractivity contribution is 6.04. The van der Waals surface area contributed by atoms with Crippen molar-refractivity contribution in [2.45, 2.75) is 12.8 Å². The fourth-order valence-electron chi connectivity index (χ4n) is 3.86. The van der Waals surface area contributed by atoms with E-state index < -0.39 is 11.7 Å². The van der Waals surface area contributed by atoms with Crippen LogP contribution in [0.5, 0.6) is 0 Å². The van der Waals surface area contributed by atoms with Gasteiger partial charge in [-0.1, -0.05) is 0 Å². The Hall–Kier alpha value is -2.97. The number of nitrogens with zero attached hydrogens (tertiary/aromatic N) is 2. The number of quaternary nitrogens is 1. The van der Waals surface area contributed by atoms with Gasteiger partial charge < -0.3 is 28.4 Å². The van der Waals surface area contributed by atoms with Crippen molar-refractivity contribution in [3.05, 3.63) is 54.0 Å². The molecule has 1 fully saturated rings. The van der Waals surface area contributed by atoms with Gasteiger partial charge in [-0.3, -0.25) is 9.59 Å². The number of nitrogens with one attached hydrogen (secondary N) is 2. The van der Waals surface area contributed by atoms with E-state index in [2.05, 4.69) is 17.5 Å². The minimum atomic E-state index is -0.729. The lowest BCUT2D eigenvalue weighted by Crippen LogP contribution is -3.10. The number of hydrogen-bond acceptors (Lipinski definition) is 3. The summed E-state index contributed by atoms with van der Waals surface area (Å²) in [5.74, 6) is -1.20. The Morgan fingerprint density at radius 1 is 1.27 bits per heavy atom. The highest BCUT2D eigenvalue weighted by Gasteiger charge is 2.26. The van der Waals surface area contributed by atoms with Gasteiger partial charge in [-0.15, -0.1) is 0 Å². The fourth-order valence-corrected chi connectivity index (χ4v) is 3.86. The van der Waals surface area contributed by atoms with Crippen LogP contribution in [0.3, 0.4) is 0 Å². The number of rotatable bonds is 4. The van der Waals surface area contributed by atoms with Crippen LogP contribution in [0.2, 0.25) is 0 Å². The van der Waals surface area contributed by atoms with Crippen molar-refractivity contribution in [2.75, 3.05) is 25.5 Å². The number of fused-ring (bicyclic) bond motifs is 1. The lowest BCUT2D eigenvalue weighted by molar-refractivity contribution is -0.887. The van der Waals surface area contributed by atoms with Gasteiger partial charge in [-0.2, -0.15) is 5.10 Å². The summed E-state index contributed by atoms with van der Waals surface area (Å²) >= 11 is 0. The lowest BCUT2D eigenvalue weighted by Gasteiger charge is -2.26. The van der Waals surface area contributed by atoms with E-state index >= 15 is 0 Å². The Morgan fingerprint density at radius 2 is 2.00 bits per heavy atom. The maximum atomic E-state index is 13.7. The molecule has 0 saturated carbocycles. The average molecular weight is 432 g/mol. The first kappa shape index (κ1) is 21.7. The van der Waals surface area contributed by atoms with Crippen molar-refractivity contribution in [1.82, 2.24) is 9.78 Å². The van der Waals surface area contributed by atoms with Crippen LogP contribution in [0.1, 0.15) is 23.2 Å². The van der Waals surface area contributed by atoms with Crippen molar-refractivity contribution in [3.8, 4) is 5.69 Å². The first-order valence-corrected chi connectivity index (χ1v) is 9.62. The lowest BCUT2D eigenvalue weighted by atomic mass is 9.97. The molecule has 1 unspecified atom stereocenters. The molecule has 1 saturated heterocycles. The van der Waals surface area contributed by atoms with Crippen LogP contribution in [0, 0.1) is 11.7 Å². The number of nitrogens with two attached hydrogens (primary N) is 1. The smallest absolute Gasteiger partial charge is 0.251 e. The quantitative estimate of drug-likeness (QED) is 0.452. The van der Waals surface area contributed by atoms with Gasteiger partial charge in [0.25, 0.3) is 5.91 Å². The van der Waals surface area contributed by atoms with Crippen molar-refractivity contribution in [3.63, 3.8) is 0 Å². The minimum Gasteiger partial charge on any atom is -1.00 e. The van der Waals surface area contributed by atoms with Gasteiger partial charge in [0, 0.05) is 17.3 Å². The van der Waals surface area contributed by atoms with Gasteiger partial charge in [0.2, 0.25) is 5.91 Å². The van der Waals surface area contributed by atoms with Crippen LogP contribution in [0.4, 0.5) is 10.1 Å². The zero-order valence-corrected chi connectivity index (χ0v) is 17.2. The maximum absolute atomic E-state index is 13.7. The predicted octanol–water partition coefficient (Wildman–Crippen LogP) is -1.87. The number of likely N-dealkylation sites (tertiary alicyclic amines) is 1. The number of aromatic nitrogens is 2. The third-order valence-corrected chi connectivity index (χ3v) is 5.36. The normalized spacial score (nSPS) is 18.6. The van der Waals surface area contributed by atoms with Crippen molar-refractivity contribution < 1.29 is 31.3 Å². The molecule has 7 nitrogen and oxygen atoms in total. The van der Waals surface area contributed by atoms with E-state index in [0.717, 1.165) is 37.7 Å².